The van der Waals surface area contributed by atoms with Gasteiger partial charge in [0.15, 0.2) is 17.5 Å². The van der Waals surface area contributed by atoms with Crippen molar-refractivity contribution in [2.75, 3.05) is 34.4 Å². The SMILES string of the molecule is CN=C(NCCc1ccc(OC)c(OC)c1)NC1CCN(Cc2ccccc2)C(C)C1. The van der Waals surface area contributed by atoms with Gasteiger partial charge in [0.25, 0.3) is 0 Å². The molecule has 0 aliphatic carbocycles. The van der Waals surface area contributed by atoms with Gasteiger partial charge in [-0.2, -0.15) is 0 Å². The van der Waals surface area contributed by atoms with Crippen molar-refractivity contribution in [3.63, 3.8) is 0 Å². The summed E-state index contributed by atoms with van der Waals surface area (Å²) in [6.45, 7) is 5.24. The smallest absolute Gasteiger partial charge is 0.191 e. The van der Waals surface area contributed by atoms with E-state index in [0.717, 1.165) is 56.4 Å². The van der Waals surface area contributed by atoms with E-state index in [0.29, 0.717) is 12.1 Å². The summed E-state index contributed by atoms with van der Waals surface area (Å²) in [4.78, 5) is 6.99. The third-order valence-electron chi connectivity index (χ3n) is 5.96. The molecule has 0 spiro atoms. The van der Waals surface area contributed by atoms with E-state index >= 15 is 0 Å². The fraction of sp³-hybridized carbons (Fsp3) is 0.480. The quantitative estimate of drug-likeness (QED) is 0.502. The Bertz CT molecular complexity index is 841. The zero-order valence-corrected chi connectivity index (χ0v) is 19.2. The zero-order valence-electron chi connectivity index (χ0n) is 19.2. The molecule has 0 amide bonds. The van der Waals surface area contributed by atoms with Crippen LogP contribution < -0.4 is 20.1 Å². The number of benzene rings is 2. The molecule has 2 aromatic rings. The van der Waals surface area contributed by atoms with Crippen LogP contribution in [0.4, 0.5) is 0 Å². The van der Waals surface area contributed by atoms with Gasteiger partial charge in [-0.05, 0) is 49.4 Å². The standard InChI is InChI=1S/C25H36N4O2/c1-19-16-22(13-15-29(19)18-21-8-6-5-7-9-21)28-25(26-2)27-14-12-20-10-11-23(30-3)24(17-20)31-4/h5-11,17,19,22H,12-16,18H2,1-4H3,(H2,26,27,28). The lowest BCUT2D eigenvalue weighted by Gasteiger charge is -2.38. The van der Waals surface area contributed by atoms with Crippen LogP contribution in [-0.4, -0.2) is 57.3 Å². The topological polar surface area (TPSA) is 58.1 Å². The van der Waals surface area contributed by atoms with E-state index in [4.69, 9.17) is 9.47 Å². The Morgan fingerprint density at radius 3 is 2.52 bits per heavy atom. The first kappa shape index (κ1) is 22.9. The average Bonchev–Trinajstić information content (AvgIpc) is 2.80. The van der Waals surface area contributed by atoms with Gasteiger partial charge in [-0.1, -0.05) is 36.4 Å². The Labute approximate surface area is 186 Å². The summed E-state index contributed by atoms with van der Waals surface area (Å²) in [5.41, 5.74) is 2.58. The maximum Gasteiger partial charge on any atom is 0.191 e. The molecule has 1 saturated heterocycles. The normalized spacial score (nSPS) is 19.7. The van der Waals surface area contributed by atoms with Crippen LogP contribution in [0, 0.1) is 0 Å². The fourth-order valence-corrected chi connectivity index (χ4v) is 4.15. The molecule has 1 aliphatic rings. The highest BCUT2D eigenvalue weighted by Crippen LogP contribution is 2.27. The number of piperidine rings is 1. The van der Waals surface area contributed by atoms with Gasteiger partial charge >= 0.3 is 0 Å². The van der Waals surface area contributed by atoms with Crippen molar-refractivity contribution in [2.45, 2.75) is 44.8 Å². The Kier molecular flexibility index (Phi) is 8.59. The van der Waals surface area contributed by atoms with E-state index in [9.17, 15) is 0 Å². The lowest BCUT2D eigenvalue weighted by atomic mass is 9.97. The number of hydrogen-bond donors (Lipinski definition) is 2. The second kappa shape index (κ2) is 11.6. The molecule has 0 bridgehead atoms. The van der Waals surface area contributed by atoms with Crippen molar-refractivity contribution in [3.8, 4) is 11.5 Å². The maximum atomic E-state index is 5.40. The summed E-state index contributed by atoms with van der Waals surface area (Å²) in [5, 5.41) is 7.07. The first-order chi connectivity index (χ1) is 15.1. The summed E-state index contributed by atoms with van der Waals surface area (Å²) >= 11 is 0. The maximum absolute atomic E-state index is 5.40. The van der Waals surface area contributed by atoms with Gasteiger partial charge in [-0.25, -0.2) is 0 Å². The summed E-state index contributed by atoms with van der Waals surface area (Å²) in [7, 11) is 5.15. The molecule has 6 nitrogen and oxygen atoms in total. The van der Waals surface area contributed by atoms with E-state index in [2.05, 4.69) is 63.8 Å². The number of methoxy groups -OCH3 is 2. The first-order valence-electron chi connectivity index (χ1n) is 11.1. The number of rotatable bonds is 8. The molecule has 0 saturated carbocycles. The molecule has 1 heterocycles. The van der Waals surface area contributed by atoms with Crippen LogP contribution >= 0.6 is 0 Å². The van der Waals surface area contributed by atoms with Crippen molar-refractivity contribution in [2.24, 2.45) is 4.99 Å². The molecule has 31 heavy (non-hydrogen) atoms. The minimum atomic E-state index is 0.439. The molecule has 2 aromatic carbocycles. The number of likely N-dealkylation sites (tertiary alicyclic amines) is 1. The van der Waals surface area contributed by atoms with E-state index in [-0.39, 0.29) is 0 Å². The van der Waals surface area contributed by atoms with Crippen molar-refractivity contribution in [3.05, 3.63) is 59.7 Å². The zero-order chi connectivity index (χ0) is 22.1. The molecule has 6 heteroatoms. The molecule has 2 unspecified atom stereocenters. The fourth-order valence-electron chi connectivity index (χ4n) is 4.15. The van der Waals surface area contributed by atoms with Gasteiger partial charge in [-0.3, -0.25) is 9.89 Å². The number of aliphatic imine (C=N–C) groups is 1. The van der Waals surface area contributed by atoms with E-state index in [1.807, 2.05) is 19.2 Å². The van der Waals surface area contributed by atoms with Crippen LogP contribution in [-0.2, 0) is 13.0 Å². The summed E-state index contributed by atoms with van der Waals surface area (Å²) in [6.07, 6.45) is 3.11. The minimum Gasteiger partial charge on any atom is -0.493 e. The minimum absolute atomic E-state index is 0.439. The number of hydrogen-bond acceptors (Lipinski definition) is 4. The van der Waals surface area contributed by atoms with E-state index in [1.165, 1.54) is 11.1 Å². The summed E-state index contributed by atoms with van der Waals surface area (Å²) in [6, 6.07) is 17.8. The highest BCUT2D eigenvalue weighted by Gasteiger charge is 2.25. The molecule has 168 valence electrons. The number of guanidine groups is 1. The Morgan fingerprint density at radius 1 is 1.06 bits per heavy atom. The molecule has 2 atom stereocenters. The van der Waals surface area contributed by atoms with E-state index < -0.39 is 0 Å². The monoisotopic (exact) mass is 424 g/mol. The Hall–Kier alpha value is -2.73. The lowest BCUT2D eigenvalue weighted by molar-refractivity contribution is 0.134. The van der Waals surface area contributed by atoms with Crippen LogP contribution in [0.5, 0.6) is 11.5 Å². The lowest BCUT2D eigenvalue weighted by Crippen LogP contribution is -2.51. The number of ether oxygens (including phenoxy) is 2. The molecule has 1 fully saturated rings. The second-order valence-corrected chi connectivity index (χ2v) is 8.11. The van der Waals surface area contributed by atoms with Crippen LogP contribution in [0.2, 0.25) is 0 Å². The third kappa shape index (κ3) is 6.62. The largest absolute Gasteiger partial charge is 0.493 e. The summed E-state index contributed by atoms with van der Waals surface area (Å²) in [5.74, 6) is 2.39. The Morgan fingerprint density at radius 2 is 1.84 bits per heavy atom. The van der Waals surface area contributed by atoms with Crippen LogP contribution in [0.1, 0.15) is 30.9 Å². The molecular weight excluding hydrogens is 388 g/mol. The van der Waals surface area contributed by atoms with E-state index in [1.54, 1.807) is 14.2 Å². The van der Waals surface area contributed by atoms with Gasteiger partial charge in [0, 0.05) is 38.8 Å². The highest BCUT2D eigenvalue weighted by atomic mass is 16.5. The average molecular weight is 425 g/mol. The van der Waals surface area contributed by atoms with Gasteiger partial charge in [0.1, 0.15) is 0 Å². The van der Waals surface area contributed by atoms with Gasteiger partial charge in [-0.15, -0.1) is 0 Å². The van der Waals surface area contributed by atoms with Crippen LogP contribution in [0.15, 0.2) is 53.5 Å². The highest BCUT2D eigenvalue weighted by molar-refractivity contribution is 5.80. The summed E-state index contributed by atoms with van der Waals surface area (Å²) < 4.78 is 10.7. The van der Waals surface area contributed by atoms with Crippen LogP contribution in [0.25, 0.3) is 0 Å². The molecular formula is C25H36N4O2. The molecule has 0 radical (unpaired) electrons. The predicted octanol–water partition coefficient (Wildman–Crippen LogP) is 3.46. The number of nitrogens with zero attached hydrogens (tertiary/aromatic N) is 2. The van der Waals surface area contributed by atoms with Crippen molar-refractivity contribution < 1.29 is 9.47 Å². The van der Waals surface area contributed by atoms with Crippen molar-refractivity contribution in [1.82, 2.24) is 15.5 Å². The van der Waals surface area contributed by atoms with Crippen molar-refractivity contribution >= 4 is 5.96 Å². The third-order valence-corrected chi connectivity index (χ3v) is 5.96. The van der Waals surface area contributed by atoms with Gasteiger partial charge in [0.05, 0.1) is 14.2 Å². The van der Waals surface area contributed by atoms with Gasteiger partial charge in [0.2, 0.25) is 0 Å². The number of nitrogens with one attached hydrogen (secondary N) is 2. The van der Waals surface area contributed by atoms with Crippen molar-refractivity contribution in [1.29, 1.82) is 0 Å². The molecule has 2 N–H and O–H groups in total. The molecule has 3 rings (SSSR count). The Balaban J connectivity index is 1.44. The molecule has 1 aliphatic heterocycles. The molecule has 0 aromatic heterocycles. The second-order valence-electron chi connectivity index (χ2n) is 8.11. The predicted molar refractivity (Wildman–Crippen MR) is 127 cm³/mol. The first-order valence-corrected chi connectivity index (χ1v) is 11.1. The van der Waals surface area contributed by atoms with Gasteiger partial charge < -0.3 is 20.1 Å². The van der Waals surface area contributed by atoms with Crippen LogP contribution in [0.3, 0.4) is 0 Å².